The second-order valence-corrected chi connectivity index (χ2v) is 4.90. The molecule has 4 aliphatic heterocycles. The second-order valence-electron chi connectivity index (χ2n) is 4.90. The number of ether oxygens (including phenoxy) is 6. The van der Waals surface area contributed by atoms with Crippen LogP contribution in [0.15, 0.2) is 0 Å². The van der Waals surface area contributed by atoms with Crippen molar-refractivity contribution in [3.8, 4) is 0 Å². The maximum absolute atomic E-state index is 5.23. The highest BCUT2D eigenvalue weighted by Crippen LogP contribution is 2.13. The molecule has 4 atom stereocenters. The molecule has 0 bridgehead atoms. The average Bonchev–Trinajstić information content (AvgIpc) is 3.21. The van der Waals surface area contributed by atoms with E-state index in [1.807, 2.05) is 0 Å². The summed E-state index contributed by atoms with van der Waals surface area (Å²) in [6.45, 7) is 6.52. The van der Waals surface area contributed by atoms with Gasteiger partial charge < -0.3 is 28.4 Å². The van der Waals surface area contributed by atoms with Crippen molar-refractivity contribution in [1.82, 2.24) is 0 Å². The summed E-state index contributed by atoms with van der Waals surface area (Å²) >= 11 is 0. The van der Waals surface area contributed by atoms with Crippen LogP contribution in [-0.4, -0.2) is 77.3 Å². The van der Waals surface area contributed by atoms with Crippen molar-refractivity contribution < 1.29 is 28.4 Å². The van der Waals surface area contributed by atoms with E-state index in [0.717, 1.165) is 52.9 Å². The first kappa shape index (κ1) is 12.8. The first-order valence-electron chi connectivity index (χ1n) is 6.52. The van der Waals surface area contributed by atoms with Crippen LogP contribution in [0, 0.1) is 0 Å². The number of hydrogen-bond donors (Lipinski definition) is 0. The van der Waals surface area contributed by atoms with E-state index in [-0.39, 0.29) is 0 Å². The molecule has 0 amide bonds. The normalized spacial score (nSPS) is 38.7. The van der Waals surface area contributed by atoms with Crippen molar-refractivity contribution >= 4 is 0 Å². The Morgan fingerprint density at radius 2 is 0.778 bits per heavy atom. The van der Waals surface area contributed by atoms with Crippen molar-refractivity contribution in [2.45, 2.75) is 24.4 Å². The van der Waals surface area contributed by atoms with Gasteiger partial charge in [0.25, 0.3) is 0 Å². The molecule has 0 aromatic carbocycles. The minimum Gasteiger partial charge on any atom is -0.376 e. The van der Waals surface area contributed by atoms with Crippen LogP contribution >= 0.6 is 0 Å². The van der Waals surface area contributed by atoms with Gasteiger partial charge in [-0.05, 0) is 0 Å². The molecule has 4 heterocycles. The topological polar surface area (TPSA) is 68.6 Å². The lowest BCUT2D eigenvalue weighted by Gasteiger charge is -1.95. The standard InChI is InChI=1S/2C6H10O3/c2*1(5-3-8-5)7-2-6-4-9-6/h2*5-6H,1-4H2. The Bertz CT molecular complexity index is 195. The molecule has 0 radical (unpaired) electrons. The molecule has 104 valence electrons. The maximum atomic E-state index is 5.23. The highest BCUT2D eigenvalue weighted by Gasteiger charge is 2.27. The third-order valence-electron chi connectivity index (χ3n) is 2.82. The van der Waals surface area contributed by atoms with E-state index in [0.29, 0.717) is 24.4 Å². The fourth-order valence-corrected chi connectivity index (χ4v) is 1.32. The predicted molar refractivity (Wildman–Crippen MR) is 60.6 cm³/mol. The lowest BCUT2D eigenvalue weighted by atomic mass is 10.5. The highest BCUT2D eigenvalue weighted by molar-refractivity contribution is 4.71. The minimum absolute atomic E-state index is 0.392. The van der Waals surface area contributed by atoms with E-state index in [1.54, 1.807) is 0 Å². The molecule has 6 nitrogen and oxygen atoms in total. The Morgan fingerprint density at radius 3 is 0.944 bits per heavy atom. The summed E-state index contributed by atoms with van der Waals surface area (Å²) in [6.07, 6.45) is 1.57. The number of rotatable bonds is 8. The molecule has 0 aromatic heterocycles. The summed E-state index contributed by atoms with van der Waals surface area (Å²) < 4.78 is 30.2. The van der Waals surface area contributed by atoms with Gasteiger partial charge in [-0.2, -0.15) is 0 Å². The van der Waals surface area contributed by atoms with Crippen molar-refractivity contribution in [2.24, 2.45) is 0 Å². The zero-order valence-electron chi connectivity index (χ0n) is 10.4. The second kappa shape index (κ2) is 6.27. The van der Waals surface area contributed by atoms with Gasteiger partial charge in [-0.3, -0.25) is 0 Å². The largest absolute Gasteiger partial charge is 0.376 e. The SMILES string of the molecule is C(OCC1CO1)C1CO1.C(OCC1CO1)C1CO1. The van der Waals surface area contributed by atoms with Crippen molar-refractivity contribution in [3.63, 3.8) is 0 Å². The van der Waals surface area contributed by atoms with E-state index < -0.39 is 0 Å². The van der Waals surface area contributed by atoms with Crippen molar-refractivity contribution in [1.29, 1.82) is 0 Å². The summed E-state index contributed by atoms with van der Waals surface area (Å²) in [7, 11) is 0. The third kappa shape index (κ3) is 6.08. The van der Waals surface area contributed by atoms with E-state index in [4.69, 9.17) is 28.4 Å². The van der Waals surface area contributed by atoms with Gasteiger partial charge >= 0.3 is 0 Å². The summed E-state index contributed by atoms with van der Waals surface area (Å²) in [6, 6.07) is 0. The predicted octanol–water partition coefficient (Wildman–Crippen LogP) is -0.399. The molecule has 0 saturated carbocycles. The van der Waals surface area contributed by atoms with Gasteiger partial charge in [0.2, 0.25) is 0 Å². The van der Waals surface area contributed by atoms with Crippen LogP contribution in [0.2, 0.25) is 0 Å². The molecule has 4 fully saturated rings. The van der Waals surface area contributed by atoms with Crippen LogP contribution in [0.3, 0.4) is 0 Å². The van der Waals surface area contributed by atoms with Gasteiger partial charge in [0.1, 0.15) is 24.4 Å². The Kier molecular flexibility index (Phi) is 4.45. The zero-order chi connectivity index (χ0) is 12.2. The maximum Gasteiger partial charge on any atom is 0.104 e. The fourth-order valence-electron chi connectivity index (χ4n) is 1.32. The van der Waals surface area contributed by atoms with Crippen LogP contribution < -0.4 is 0 Å². The van der Waals surface area contributed by atoms with E-state index in [2.05, 4.69) is 0 Å². The number of hydrogen-bond acceptors (Lipinski definition) is 6. The van der Waals surface area contributed by atoms with E-state index in [9.17, 15) is 0 Å². The van der Waals surface area contributed by atoms with Gasteiger partial charge in [0.15, 0.2) is 0 Å². The molecule has 6 heteroatoms. The van der Waals surface area contributed by atoms with Gasteiger partial charge in [0, 0.05) is 0 Å². The third-order valence-corrected chi connectivity index (χ3v) is 2.82. The van der Waals surface area contributed by atoms with Gasteiger partial charge in [0.05, 0.1) is 52.9 Å². The summed E-state index contributed by atoms with van der Waals surface area (Å²) in [5.74, 6) is 0. The Hall–Kier alpha value is -0.240. The molecular weight excluding hydrogens is 240 g/mol. The lowest BCUT2D eigenvalue weighted by Crippen LogP contribution is -2.06. The molecule has 4 aliphatic rings. The molecule has 0 spiro atoms. The molecule has 4 saturated heterocycles. The average molecular weight is 260 g/mol. The fraction of sp³-hybridized carbons (Fsp3) is 1.00. The molecule has 0 N–H and O–H groups in total. The summed E-state index contributed by atoms with van der Waals surface area (Å²) in [5.41, 5.74) is 0. The minimum atomic E-state index is 0.392. The summed E-state index contributed by atoms with van der Waals surface area (Å²) in [4.78, 5) is 0. The lowest BCUT2D eigenvalue weighted by molar-refractivity contribution is 0.102. The summed E-state index contributed by atoms with van der Waals surface area (Å²) in [5, 5.41) is 0. The van der Waals surface area contributed by atoms with Crippen molar-refractivity contribution in [2.75, 3.05) is 52.9 Å². The molecule has 18 heavy (non-hydrogen) atoms. The first-order valence-corrected chi connectivity index (χ1v) is 6.52. The molecule has 0 aliphatic carbocycles. The van der Waals surface area contributed by atoms with Crippen LogP contribution in [-0.2, 0) is 28.4 Å². The number of epoxide rings is 4. The monoisotopic (exact) mass is 260 g/mol. The Labute approximate surface area is 106 Å². The Morgan fingerprint density at radius 1 is 0.556 bits per heavy atom. The van der Waals surface area contributed by atoms with Crippen molar-refractivity contribution in [3.05, 3.63) is 0 Å². The van der Waals surface area contributed by atoms with Crippen LogP contribution in [0.1, 0.15) is 0 Å². The van der Waals surface area contributed by atoms with Crippen LogP contribution in [0.4, 0.5) is 0 Å². The molecule has 0 aromatic rings. The van der Waals surface area contributed by atoms with Crippen LogP contribution in [0.5, 0.6) is 0 Å². The smallest absolute Gasteiger partial charge is 0.104 e. The first-order chi connectivity index (χ1) is 8.90. The molecule has 4 rings (SSSR count). The molecule has 4 unspecified atom stereocenters. The van der Waals surface area contributed by atoms with Gasteiger partial charge in [-0.1, -0.05) is 0 Å². The van der Waals surface area contributed by atoms with E-state index in [1.165, 1.54) is 0 Å². The van der Waals surface area contributed by atoms with E-state index >= 15 is 0 Å². The zero-order valence-corrected chi connectivity index (χ0v) is 10.4. The quantitative estimate of drug-likeness (QED) is 0.553. The Balaban J connectivity index is 0.000000111. The van der Waals surface area contributed by atoms with Crippen LogP contribution in [0.25, 0.3) is 0 Å². The molecular formula is C12H20O6. The highest BCUT2D eigenvalue weighted by atomic mass is 16.6. The van der Waals surface area contributed by atoms with Gasteiger partial charge in [-0.25, -0.2) is 0 Å². The van der Waals surface area contributed by atoms with Gasteiger partial charge in [-0.15, -0.1) is 0 Å².